The van der Waals surface area contributed by atoms with Gasteiger partial charge in [0, 0.05) is 5.69 Å². The van der Waals surface area contributed by atoms with E-state index in [-0.39, 0.29) is 0 Å². The van der Waals surface area contributed by atoms with Crippen molar-refractivity contribution in [2.45, 2.75) is 19.8 Å². The van der Waals surface area contributed by atoms with Crippen LogP contribution in [0.25, 0.3) is 0 Å². The summed E-state index contributed by atoms with van der Waals surface area (Å²) >= 11 is 5.24. The molecule has 4 heteroatoms. The number of rotatable bonds is 5. The lowest BCUT2D eigenvalue weighted by Gasteiger charge is -2.12. The normalized spacial score (nSPS) is 10.8. The summed E-state index contributed by atoms with van der Waals surface area (Å²) in [5.74, 6) is 0.562. The van der Waals surface area contributed by atoms with Crippen LogP contribution in [0.5, 0.6) is 0 Å². The molecule has 3 N–H and O–H groups in total. The molecule has 0 aromatic heterocycles. The Morgan fingerprint density at radius 3 is 2.33 bits per heavy atom. The summed E-state index contributed by atoms with van der Waals surface area (Å²) < 4.78 is 0. The number of hydrogen-bond acceptors (Lipinski definition) is 1. The molecule has 0 bridgehead atoms. The lowest BCUT2D eigenvalue weighted by molar-refractivity contribution is -0.856. The van der Waals surface area contributed by atoms with Crippen molar-refractivity contribution in [2.75, 3.05) is 32.5 Å². The number of likely N-dealkylation sites (N-methyl/N-ethyl adjacent to an activating group) is 1. The summed E-state index contributed by atoms with van der Waals surface area (Å²) in [6.07, 6.45) is 0. The van der Waals surface area contributed by atoms with E-state index in [1.807, 2.05) is 0 Å². The van der Waals surface area contributed by atoms with Gasteiger partial charge in [0.05, 0.1) is 27.2 Å². The van der Waals surface area contributed by atoms with Gasteiger partial charge in [-0.15, -0.1) is 0 Å². The van der Waals surface area contributed by atoms with Crippen LogP contribution < -0.4 is 15.5 Å². The van der Waals surface area contributed by atoms with Gasteiger partial charge in [-0.05, 0) is 35.8 Å². The van der Waals surface area contributed by atoms with Gasteiger partial charge in [0.25, 0.3) is 0 Å². The summed E-state index contributed by atoms with van der Waals surface area (Å²) in [6, 6.07) is 8.42. The third-order valence-corrected chi connectivity index (χ3v) is 2.99. The first-order chi connectivity index (χ1) is 8.49. The topological polar surface area (TPSA) is 28.5 Å². The van der Waals surface area contributed by atoms with Crippen molar-refractivity contribution in [1.82, 2.24) is 5.32 Å². The molecule has 0 fully saturated rings. The van der Waals surface area contributed by atoms with E-state index in [2.05, 4.69) is 62.8 Å². The molecule has 0 amide bonds. The van der Waals surface area contributed by atoms with E-state index in [9.17, 15) is 0 Å². The molecule has 0 spiro atoms. The van der Waals surface area contributed by atoms with Gasteiger partial charge in [-0.3, -0.25) is 0 Å². The molecule has 3 nitrogen and oxygen atoms in total. The lowest BCUT2D eigenvalue weighted by atomic mass is 10.0. The molecule has 0 heterocycles. The molecule has 0 atom stereocenters. The number of benzene rings is 1. The highest BCUT2D eigenvalue weighted by Crippen LogP contribution is 2.16. The molecule has 100 valence electrons. The van der Waals surface area contributed by atoms with Gasteiger partial charge in [-0.25, -0.2) is 0 Å². The zero-order valence-corrected chi connectivity index (χ0v) is 12.5. The van der Waals surface area contributed by atoms with E-state index in [4.69, 9.17) is 12.2 Å². The average Bonchev–Trinajstić information content (AvgIpc) is 2.29. The second-order valence-corrected chi connectivity index (χ2v) is 5.52. The van der Waals surface area contributed by atoms with E-state index in [0.717, 1.165) is 18.8 Å². The Kier molecular flexibility index (Phi) is 6.09. The minimum Gasteiger partial charge on any atom is -0.357 e. The number of hydrogen-bond donors (Lipinski definition) is 3. The minimum absolute atomic E-state index is 0.562. The fourth-order valence-corrected chi connectivity index (χ4v) is 1.77. The fraction of sp³-hybridized carbons (Fsp3) is 0.500. The second-order valence-electron chi connectivity index (χ2n) is 5.11. The predicted molar refractivity (Wildman–Crippen MR) is 82.4 cm³/mol. The molecular weight excluding hydrogens is 242 g/mol. The van der Waals surface area contributed by atoms with Gasteiger partial charge < -0.3 is 15.5 Å². The summed E-state index contributed by atoms with van der Waals surface area (Å²) in [5, 5.41) is 7.08. The van der Waals surface area contributed by atoms with Gasteiger partial charge in [0.1, 0.15) is 0 Å². The average molecular weight is 266 g/mol. The number of anilines is 1. The van der Waals surface area contributed by atoms with Gasteiger partial charge in [0.2, 0.25) is 0 Å². The third kappa shape index (κ3) is 5.47. The molecule has 1 aromatic carbocycles. The molecule has 0 saturated carbocycles. The quantitative estimate of drug-likeness (QED) is 0.700. The van der Waals surface area contributed by atoms with E-state index < -0.39 is 0 Å². The van der Waals surface area contributed by atoms with E-state index in [0.29, 0.717) is 11.0 Å². The van der Waals surface area contributed by atoms with Crippen LogP contribution in [-0.2, 0) is 0 Å². The van der Waals surface area contributed by atoms with E-state index in [1.165, 1.54) is 10.5 Å². The summed E-state index contributed by atoms with van der Waals surface area (Å²) in [5.41, 5.74) is 2.38. The molecule has 0 aliphatic rings. The first-order valence-electron chi connectivity index (χ1n) is 6.43. The number of quaternary nitrogens is 1. The Labute approximate surface area is 116 Å². The van der Waals surface area contributed by atoms with Crippen molar-refractivity contribution < 1.29 is 4.90 Å². The molecular formula is C14H24N3S+. The van der Waals surface area contributed by atoms with Crippen molar-refractivity contribution >= 4 is 23.0 Å². The van der Waals surface area contributed by atoms with E-state index in [1.54, 1.807) is 0 Å². The van der Waals surface area contributed by atoms with E-state index >= 15 is 0 Å². The van der Waals surface area contributed by atoms with Crippen LogP contribution in [-0.4, -0.2) is 32.3 Å². The lowest BCUT2D eigenvalue weighted by Crippen LogP contribution is -3.06. The van der Waals surface area contributed by atoms with Crippen LogP contribution in [0.4, 0.5) is 5.69 Å². The smallest absolute Gasteiger partial charge is 0.170 e. The molecule has 0 saturated heterocycles. The highest BCUT2D eigenvalue weighted by Gasteiger charge is 2.01. The maximum Gasteiger partial charge on any atom is 0.170 e. The molecule has 1 rings (SSSR count). The third-order valence-electron chi connectivity index (χ3n) is 2.75. The van der Waals surface area contributed by atoms with Crippen molar-refractivity contribution in [3.63, 3.8) is 0 Å². The Hall–Kier alpha value is -1.13. The highest BCUT2D eigenvalue weighted by molar-refractivity contribution is 7.80. The molecule has 0 unspecified atom stereocenters. The monoisotopic (exact) mass is 266 g/mol. The zero-order chi connectivity index (χ0) is 13.5. The predicted octanol–water partition coefficient (Wildman–Crippen LogP) is 1.24. The first-order valence-corrected chi connectivity index (χ1v) is 6.83. The number of nitrogens with one attached hydrogen (secondary N) is 3. The van der Waals surface area contributed by atoms with Gasteiger partial charge >= 0.3 is 0 Å². The van der Waals surface area contributed by atoms with Crippen molar-refractivity contribution in [1.29, 1.82) is 0 Å². The van der Waals surface area contributed by atoms with Crippen LogP contribution in [0.2, 0.25) is 0 Å². The standard InChI is InChI=1S/C14H23N3S/c1-11(2)12-5-7-13(8-6-12)16-14(18)15-9-10-17(3)4/h5-8,11H,9-10H2,1-4H3,(H2,15,16,18)/p+1. The Balaban J connectivity index is 2.40. The first kappa shape index (κ1) is 14.9. The Morgan fingerprint density at radius 2 is 1.83 bits per heavy atom. The minimum atomic E-state index is 0.562. The molecule has 18 heavy (non-hydrogen) atoms. The largest absolute Gasteiger partial charge is 0.357 e. The summed E-state index contributed by atoms with van der Waals surface area (Å²) in [4.78, 5) is 1.41. The molecule has 0 radical (unpaired) electrons. The maximum absolute atomic E-state index is 5.24. The van der Waals surface area contributed by atoms with Crippen LogP contribution in [0.1, 0.15) is 25.3 Å². The summed E-state index contributed by atoms with van der Waals surface area (Å²) in [7, 11) is 4.26. The zero-order valence-electron chi connectivity index (χ0n) is 11.7. The van der Waals surface area contributed by atoms with Gasteiger partial charge in [-0.2, -0.15) is 0 Å². The SMILES string of the molecule is CC(C)c1ccc(NC(=S)NCC[NH+](C)C)cc1. The Morgan fingerprint density at radius 1 is 1.22 bits per heavy atom. The van der Waals surface area contributed by atoms with Crippen molar-refractivity contribution in [2.24, 2.45) is 0 Å². The van der Waals surface area contributed by atoms with Gasteiger partial charge in [0.15, 0.2) is 5.11 Å². The van der Waals surface area contributed by atoms with Crippen LogP contribution >= 0.6 is 12.2 Å². The highest BCUT2D eigenvalue weighted by atomic mass is 32.1. The molecule has 1 aromatic rings. The second kappa shape index (κ2) is 7.34. The van der Waals surface area contributed by atoms with Crippen LogP contribution in [0, 0.1) is 0 Å². The Bertz CT molecular complexity index is 371. The van der Waals surface area contributed by atoms with Crippen molar-refractivity contribution in [3.05, 3.63) is 29.8 Å². The van der Waals surface area contributed by atoms with Crippen molar-refractivity contribution in [3.8, 4) is 0 Å². The molecule has 0 aliphatic heterocycles. The number of thiocarbonyl (C=S) groups is 1. The summed E-state index contributed by atoms with van der Waals surface area (Å²) in [6.45, 7) is 6.32. The maximum atomic E-state index is 5.24. The van der Waals surface area contributed by atoms with Crippen LogP contribution in [0.15, 0.2) is 24.3 Å². The van der Waals surface area contributed by atoms with Gasteiger partial charge in [-0.1, -0.05) is 26.0 Å². The fourth-order valence-electron chi connectivity index (χ4n) is 1.55. The van der Waals surface area contributed by atoms with Crippen LogP contribution in [0.3, 0.4) is 0 Å². The molecule has 0 aliphatic carbocycles.